The smallest absolute Gasteiger partial charge is 0.416 e. The van der Waals surface area contributed by atoms with Gasteiger partial charge in [0.15, 0.2) is 0 Å². The number of hydrogen-bond acceptors (Lipinski definition) is 6. The van der Waals surface area contributed by atoms with Crippen LogP contribution in [0.25, 0.3) is 0 Å². The van der Waals surface area contributed by atoms with Gasteiger partial charge in [0, 0.05) is 17.3 Å². The molecule has 0 saturated heterocycles. The van der Waals surface area contributed by atoms with Crippen molar-refractivity contribution < 1.29 is 17.9 Å². The van der Waals surface area contributed by atoms with Crippen molar-refractivity contribution in [3.63, 3.8) is 0 Å². The van der Waals surface area contributed by atoms with Crippen LogP contribution >= 0.6 is 11.6 Å². The third-order valence-corrected chi connectivity index (χ3v) is 3.95. The topological polar surface area (TPSA) is 72.0 Å². The SMILES string of the molecule is CCOc1nc(NCc2ccc(Cl)cc2)nc(Nc2cccc(C(F)(F)F)c2)n1. The lowest BCUT2D eigenvalue weighted by atomic mass is 10.2. The Bertz CT molecular complexity index is 967. The number of nitrogens with one attached hydrogen (secondary N) is 2. The Balaban J connectivity index is 1.80. The summed E-state index contributed by atoms with van der Waals surface area (Å²) in [6.07, 6.45) is -4.45. The van der Waals surface area contributed by atoms with Crippen LogP contribution in [-0.4, -0.2) is 21.6 Å². The molecule has 1 aromatic heterocycles. The van der Waals surface area contributed by atoms with Crippen LogP contribution in [0.1, 0.15) is 18.1 Å². The Morgan fingerprint density at radius 3 is 2.41 bits per heavy atom. The van der Waals surface area contributed by atoms with Crippen LogP contribution in [0.3, 0.4) is 0 Å². The highest BCUT2D eigenvalue weighted by molar-refractivity contribution is 6.30. The zero-order valence-electron chi connectivity index (χ0n) is 15.3. The lowest BCUT2D eigenvalue weighted by Crippen LogP contribution is -2.10. The summed E-state index contributed by atoms with van der Waals surface area (Å²) in [5.41, 5.74) is 0.361. The van der Waals surface area contributed by atoms with Crippen molar-refractivity contribution in [1.29, 1.82) is 0 Å². The van der Waals surface area contributed by atoms with E-state index in [4.69, 9.17) is 16.3 Å². The molecule has 3 aromatic rings. The van der Waals surface area contributed by atoms with E-state index in [1.54, 1.807) is 19.1 Å². The number of alkyl halides is 3. The number of anilines is 3. The molecule has 29 heavy (non-hydrogen) atoms. The number of ether oxygens (including phenoxy) is 1. The monoisotopic (exact) mass is 423 g/mol. The van der Waals surface area contributed by atoms with Crippen LogP contribution in [-0.2, 0) is 12.7 Å². The summed E-state index contributed by atoms with van der Waals surface area (Å²) in [5.74, 6) is 0.272. The fourth-order valence-corrected chi connectivity index (χ4v) is 2.50. The van der Waals surface area contributed by atoms with E-state index in [-0.39, 0.29) is 23.6 Å². The molecule has 2 N–H and O–H groups in total. The molecule has 0 saturated carbocycles. The summed E-state index contributed by atoms with van der Waals surface area (Å²) < 4.78 is 44.1. The van der Waals surface area contributed by atoms with Crippen LogP contribution < -0.4 is 15.4 Å². The normalized spacial score (nSPS) is 11.2. The maximum atomic E-state index is 12.9. The van der Waals surface area contributed by atoms with Crippen molar-refractivity contribution in [2.75, 3.05) is 17.2 Å². The molecular weight excluding hydrogens is 407 g/mol. The van der Waals surface area contributed by atoms with E-state index in [9.17, 15) is 13.2 Å². The van der Waals surface area contributed by atoms with Crippen LogP contribution in [0.4, 0.5) is 30.8 Å². The van der Waals surface area contributed by atoms with E-state index >= 15 is 0 Å². The van der Waals surface area contributed by atoms with Crippen molar-refractivity contribution in [1.82, 2.24) is 15.0 Å². The molecule has 1 heterocycles. The highest BCUT2D eigenvalue weighted by Gasteiger charge is 2.30. The molecule has 0 fully saturated rings. The number of hydrogen-bond donors (Lipinski definition) is 2. The van der Waals surface area contributed by atoms with Gasteiger partial charge in [-0.2, -0.15) is 28.1 Å². The number of rotatable bonds is 7. The number of halogens is 4. The molecule has 0 aliphatic heterocycles. The van der Waals surface area contributed by atoms with E-state index in [1.165, 1.54) is 12.1 Å². The minimum Gasteiger partial charge on any atom is -0.464 e. The molecule has 0 spiro atoms. The van der Waals surface area contributed by atoms with Gasteiger partial charge < -0.3 is 15.4 Å². The third kappa shape index (κ3) is 5.95. The molecule has 3 rings (SSSR count). The van der Waals surface area contributed by atoms with Gasteiger partial charge in [0.2, 0.25) is 11.9 Å². The lowest BCUT2D eigenvalue weighted by molar-refractivity contribution is -0.137. The minimum atomic E-state index is -4.45. The predicted molar refractivity (Wildman–Crippen MR) is 105 cm³/mol. The van der Waals surface area contributed by atoms with Gasteiger partial charge in [-0.05, 0) is 42.8 Å². The average Bonchev–Trinajstić information content (AvgIpc) is 2.67. The van der Waals surface area contributed by atoms with Crippen LogP contribution in [0, 0.1) is 0 Å². The summed E-state index contributed by atoms with van der Waals surface area (Å²) in [7, 11) is 0. The van der Waals surface area contributed by atoms with Crippen molar-refractivity contribution in [2.24, 2.45) is 0 Å². The summed E-state index contributed by atoms with van der Waals surface area (Å²) >= 11 is 5.87. The molecule has 0 radical (unpaired) electrons. The molecule has 0 aliphatic rings. The molecule has 0 atom stereocenters. The van der Waals surface area contributed by atoms with E-state index < -0.39 is 11.7 Å². The van der Waals surface area contributed by atoms with E-state index in [2.05, 4.69) is 25.6 Å². The molecule has 0 amide bonds. The van der Waals surface area contributed by atoms with Gasteiger partial charge in [-0.1, -0.05) is 29.8 Å². The molecule has 2 aromatic carbocycles. The second kappa shape index (κ2) is 8.95. The fourth-order valence-electron chi connectivity index (χ4n) is 2.37. The second-order valence-electron chi connectivity index (χ2n) is 5.88. The van der Waals surface area contributed by atoms with Gasteiger partial charge in [-0.15, -0.1) is 0 Å². The summed E-state index contributed by atoms with van der Waals surface area (Å²) in [6, 6.07) is 12.0. The Labute approximate surface area is 170 Å². The Kier molecular flexibility index (Phi) is 6.38. The molecule has 0 unspecified atom stereocenters. The number of aromatic nitrogens is 3. The first-order valence-electron chi connectivity index (χ1n) is 8.65. The zero-order chi connectivity index (χ0) is 20.9. The van der Waals surface area contributed by atoms with Crippen molar-refractivity contribution >= 4 is 29.2 Å². The maximum absolute atomic E-state index is 12.9. The summed E-state index contributed by atoms with van der Waals surface area (Å²) in [4.78, 5) is 12.4. The average molecular weight is 424 g/mol. The first-order valence-corrected chi connectivity index (χ1v) is 9.03. The van der Waals surface area contributed by atoms with Gasteiger partial charge in [-0.3, -0.25) is 0 Å². The van der Waals surface area contributed by atoms with Gasteiger partial charge in [-0.25, -0.2) is 0 Å². The maximum Gasteiger partial charge on any atom is 0.416 e. The van der Waals surface area contributed by atoms with Crippen LogP contribution in [0.2, 0.25) is 5.02 Å². The Morgan fingerprint density at radius 2 is 1.72 bits per heavy atom. The van der Waals surface area contributed by atoms with Crippen LogP contribution in [0.5, 0.6) is 6.01 Å². The van der Waals surface area contributed by atoms with Gasteiger partial charge in [0.25, 0.3) is 0 Å². The molecule has 10 heteroatoms. The summed E-state index contributed by atoms with van der Waals surface area (Å²) in [5, 5.41) is 6.42. The predicted octanol–water partition coefficient (Wildman–Crippen LogP) is 5.30. The Morgan fingerprint density at radius 1 is 1.00 bits per heavy atom. The largest absolute Gasteiger partial charge is 0.464 e. The van der Waals surface area contributed by atoms with Gasteiger partial charge >= 0.3 is 12.2 Å². The fraction of sp³-hybridized carbons (Fsp3) is 0.211. The van der Waals surface area contributed by atoms with Crippen LogP contribution in [0.15, 0.2) is 48.5 Å². The second-order valence-corrected chi connectivity index (χ2v) is 6.32. The highest BCUT2D eigenvalue weighted by atomic mass is 35.5. The first-order chi connectivity index (χ1) is 13.8. The highest BCUT2D eigenvalue weighted by Crippen LogP contribution is 2.31. The molecular formula is C19H17ClF3N5O. The first kappa shape index (κ1) is 20.7. The van der Waals surface area contributed by atoms with Gasteiger partial charge in [0.1, 0.15) is 0 Å². The molecule has 0 aliphatic carbocycles. The van der Waals surface area contributed by atoms with Gasteiger partial charge in [0.05, 0.1) is 12.2 Å². The van der Waals surface area contributed by atoms with E-state index in [0.29, 0.717) is 18.2 Å². The molecule has 0 bridgehead atoms. The lowest BCUT2D eigenvalue weighted by Gasteiger charge is -2.12. The minimum absolute atomic E-state index is 0.0515. The standard InChI is InChI=1S/C19H17ClF3N5O/c1-2-29-18-27-16(24-11-12-6-8-14(20)9-7-12)26-17(28-18)25-15-5-3-4-13(10-15)19(21,22)23/h3-10H,2,11H2,1H3,(H2,24,25,26,27,28). The van der Waals surface area contributed by atoms with Crippen molar-refractivity contribution in [3.05, 3.63) is 64.7 Å². The quantitative estimate of drug-likeness (QED) is 0.537. The van der Waals surface area contributed by atoms with E-state index in [1.807, 2.05) is 12.1 Å². The Hall–Kier alpha value is -3.07. The zero-order valence-corrected chi connectivity index (χ0v) is 16.1. The molecule has 152 valence electrons. The van der Waals surface area contributed by atoms with Crippen molar-refractivity contribution in [3.8, 4) is 6.01 Å². The van der Waals surface area contributed by atoms with Crippen molar-refractivity contribution in [2.45, 2.75) is 19.6 Å². The third-order valence-electron chi connectivity index (χ3n) is 3.70. The number of nitrogens with zero attached hydrogens (tertiary/aromatic N) is 3. The number of benzene rings is 2. The van der Waals surface area contributed by atoms with E-state index in [0.717, 1.165) is 17.7 Å². The summed E-state index contributed by atoms with van der Waals surface area (Å²) in [6.45, 7) is 2.50. The molecule has 6 nitrogen and oxygen atoms in total.